The molecule has 0 aromatic rings. The van der Waals surface area contributed by atoms with Gasteiger partial charge in [-0.3, -0.25) is 4.79 Å². The van der Waals surface area contributed by atoms with E-state index in [0.29, 0.717) is 23.7 Å². The molecule has 20 heavy (non-hydrogen) atoms. The summed E-state index contributed by atoms with van der Waals surface area (Å²) in [6.45, 7) is 5.48. The topological polar surface area (TPSA) is 38.8 Å². The van der Waals surface area contributed by atoms with E-state index in [0.717, 1.165) is 52.4 Å². The van der Waals surface area contributed by atoms with Crippen LogP contribution in [-0.4, -0.2) is 50.3 Å². The van der Waals surface area contributed by atoms with Crippen LogP contribution in [0, 0.1) is 11.3 Å². The maximum Gasteiger partial charge on any atom is 0.222 e. The summed E-state index contributed by atoms with van der Waals surface area (Å²) in [7, 11) is 0. The molecule has 0 bridgehead atoms. The molecule has 0 radical (unpaired) electrons. The molecule has 3 aliphatic rings. The van der Waals surface area contributed by atoms with Gasteiger partial charge in [0, 0.05) is 45.9 Å². The van der Waals surface area contributed by atoms with E-state index in [1.165, 1.54) is 25.7 Å². The highest BCUT2D eigenvalue weighted by atomic mass is 16.5. The molecule has 3 heterocycles. The Morgan fingerprint density at radius 1 is 1.05 bits per heavy atom. The monoisotopic (exact) mass is 281 g/mol. The third-order valence-electron chi connectivity index (χ3n) is 5.52. The Bertz CT molecular complexity index is 323. The van der Waals surface area contributed by atoms with Crippen LogP contribution in [0.4, 0.5) is 0 Å². The molecule has 0 saturated carbocycles. The summed E-state index contributed by atoms with van der Waals surface area (Å²) in [5.74, 6) is 0.976. The Kier molecular flexibility index (Phi) is 4.61. The summed E-state index contributed by atoms with van der Waals surface area (Å²) in [6.07, 6.45) is 7.58. The van der Waals surface area contributed by atoms with Crippen molar-refractivity contribution in [3.8, 4) is 0 Å². The highest BCUT2D eigenvalue weighted by Crippen LogP contribution is 2.40. The van der Waals surface area contributed by atoms with Gasteiger partial charge >= 0.3 is 0 Å². The lowest BCUT2D eigenvalue weighted by Gasteiger charge is -2.44. The van der Waals surface area contributed by atoms with Crippen LogP contribution in [0.15, 0.2) is 0 Å². The summed E-state index contributed by atoms with van der Waals surface area (Å²) < 4.78 is 10.8. The number of piperidine rings is 1. The van der Waals surface area contributed by atoms with E-state index < -0.39 is 0 Å². The predicted molar refractivity (Wildman–Crippen MR) is 76.5 cm³/mol. The van der Waals surface area contributed by atoms with Gasteiger partial charge in [0.2, 0.25) is 5.91 Å². The molecule has 0 aromatic carbocycles. The molecule has 4 heteroatoms. The quantitative estimate of drug-likeness (QED) is 0.796. The van der Waals surface area contributed by atoms with Crippen molar-refractivity contribution in [2.75, 3.05) is 39.5 Å². The second-order valence-corrected chi connectivity index (χ2v) is 6.76. The van der Waals surface area contributed by atoms with Gasteiger partial charge in [0.05, 0.1) is 0 Å². The van der Waals surface area contributed by atoms with Gasteiger partial charge in [-0.1, -0.05) is 0 Å². The zero-order chi connectivity index (χ0) is 13.8. The molecule has 1 unspecified atom stereocenters. The predicted octanol–water partition coefficient (Wildman–Crippen LogP) is 2.22. The number of likely N-dealkylation sites (tertiary alicyclic amines) is 1. The average Bonchev–Trinajstić information content (AvgIpc) is 3.00. The SMILES string of the molecule is O=C(CCC1CCOC1)N1CCC2(CCOCC2)CC1. The normalized spacial score (nSPS) is 29.8. The first kappa shape index (κ1) is 14.3. The van der Waals surface area contributed by atoms with Gasteiger partial charge in [-0.15, -0.1) is 0 Å². The fourth-order valence-corrected chi connectivity index (χ4v) is 3.83. The van der Waals surface area contributed by atoms with Gasteiger partial charge in [-0.2, -0.15) is 0 Å². The Hall–Kier alpha value is -0.610. The van der Waals surface area contributed by atoms with Gasteiger partial charge in [-0.25, -0.2) is 0 Å². The minimum absolute atomic E-state index is 0.360. The van der Waals surface area contributed by atoms with Crippen molar-refractivity contribution < 1.29 is 14.3 Å². The maximum atomic E-state index is 12.3. The number of ether oxygens (including phenoxy) is 2. The minimum Gasteiger partial charge on any atom is -0.381 e. The number of carbonyl (C=O) groups is 1. The molecule has 1 spiro atoms. The van der Waals surface area contributed by atoms with Crippen LogP contribution >= 0.6 is 0 Å². The average molecular weight is 281 g/mol. The maximum absolute atomic E-state index is 12.3. The number of rotatable bonds is 3. The van der Waals surface area contributed by atoms with Gasteiger partial charge in [0.15, 0.2) is 0 Å². The smallest absolute Gasteiger partial charge is 0.222 e. The second kappa shape index (κ2) is 6.44. The lowest BCUT2D eigenvalue weighted by molar-refractivity contribution is -0.135. The first-order valence-electron chi connectivity index (χ1n) is 8.21. The molecule has 3 aliphatic heterocycles. The minimum atomic E-state index is 0.360. The molecule has 3 fully saturated rings. The summed E-state index contributed by atoms with van der Waals surface area (Å²) in [6, 6.07) is 0. The van der Waals surface area contributed by atoms with Crippen LogP contribution < -0.4 is 0 Å². The van der Waals surface area contributed by atoms with E-state index in [1.807, 2.05) is 0 Å². The number of hydrogen-bond acceptors (Lipinski definition) is 3. The van der Waals surface area contributed by atoms with Crippen LogP contribution in [0.5, 0.6) is 0 Å². The second-order valence-electron chi connectivity index (χ2n) is 6.76. The molecule has 3 rings (SSSR count). The fraction of sp³-hybridized carbons (Fsp3) is 0.938. The van der Waals surface area contributed by atoms with E-state index in [4.69, 9.17) is 9.47 Å². The van der Waals surface area contributed by atoms with Crippen LogP contribution in [-0.2, 0) is 14.3 Å². The Balaban J connectivity index is 1.41. The van der Waals surface area contributed by atoms with E-state index in [1.54, 1.807) is 0 Å². The highest BCUT2D eigenvalue weighted by Gasteiger charge is 2.37. The summed E-state index contributed by atoms with van der Waals surface area (Å²) in [5, 5.41) is 0. The lowest BCUT2D eigenvalue weighted by atomic mass is 9.72. The van der Waals surface area contributed by atoms with Crippen molar-refractivity contribution in [2.45, 2.75) is 44.9 Å². The van der Waals surface area contributed by atoms with Crippen LogP contribution in [0.1, 0.15) is 44.9 Å². The van der Waals surface area contributed by atoms with E-state index in [9.17, 15) is 4.79 Å². The van der Waals surface area contributed by atoms with E-state index >= 15 is 0 Å². The van der Waals surface area contributed by atoms with Crippen molar-refractivity contribution in [1.29, 1.82) is 0 Å². The van der Waals surface area contributed by atoms with E-state index in [2.05, 4.69) is 4.90 Å². The molecular formula is C16H27NO3. The molecule has 0 aliphatic carbocycles. The van der Waals surface area contributed by atoms with E-state index in [-0.39, 0.29) is 0 Å². The first-order valence-corrected chi connectivity index (χ1v) is 8.21. The van der Waals surface area contributed by atoms with Crippen molar-refractivity contribution in [2.24, 2.45) is 11.3 Å². The number of nitrogens with zero attached hydrogens (tertiary/aromatic N) is 1. The van der Waals surface area contributed by atoms with Gasteiger partial charge < -0.3 is 14.4 Å². The summed E-state index contributed by atoms with van der Waals surface area (Å²) in [5.41, 5.74) is 0.480. The largest absolute Gasteiger partial charge is 0.381 e. The highest BCUT2D eigenvalue weighted by molar-refractivity contribution is 5.76. The molecule has 0 aromatic heterocycles. The number of carbonyl (C=O) groups excluding carboxylic acids is 1. The Morgan fingerprint density at radius 2 is 1.80 bits per heavy atom. The van der Waals surface area contributed by atoms with Crippen molar-refractivity contribution in [3.63, 3.8) is 0 Å². The Morgan fingerprint density at radius 3 is 2.45 bits per heavy atom. The molecule has 0 N–H and O–H groups in total. The van der Waals surface area contributed by atoms with Crippen molar-refractivity contribution >= 4 is 5.91 Å². The molecular weight excluding hydrogens is 254 g/mol. The first-order chi connectivity index (χ1) is 9.77. The fourth-order valence-electron chi connectivity index (χ4n) is 3.83. The Labute approximate surface area is 121 Å². The lowest BCUT2D eigenvalue weighted by Crippen LogP contribution is -2.45. The van der Waals surface area contributed by atoms with Crippen LogP contribution in [0.25, 0.3) is 0 Å². The third-order valence-corrected chi connectivity index (χ3v) is 5.52. The molecule has 3 saturated heterocycles. The molecule has 1 amide bonds. The van der Waals surface area contributed by atoms with Crippen LogP contribution in [0.2, 0.25) is 0 Å². The standard InChI is InChI=1S/C16H27NO3/c18-15(2-1-14-3-10-20-13-14)17-8-4-16(5-9-17)6-11-19-12-7-16/h14H,1-13H2. The third kappa shape index (κ3) is 3.34. The van der Waals surface area contributed by atoms with Crippen LogP contribution in [0.3, 0.4) is 0 Å². The molecule has 4 nitrogen and oxygen atoms in total. The number of amides is 1. The number of hydrogen-bond donors (Lipinski definition) is 0. The van der Waals surface area contributed by atoms with Gasteiger partial charge in [0.25, 0.3) is 0 Å². The molecule has 114 valence electrons. The van der Waals surface area contributed by atoms with Crippen molar-refractivity contribution in [3.05, 3.63) is 0 Å². The summed E-state index contributed by atoms with van der Waals surface area (Å²) in [4.78, 5) is 14.4. The summed E-state index contributed by atoms with van der Waals surface area (Å²) >= 11 is 0. The zero-order valence-electron chi connectivity index (χ0n) is 12.4. The zero-order valence-corrected chi connectivity index (χ0v) is 12.4. The van der Waals surface area contributed by atoms with Crippen molar-refractivity contribution in [1.82, 2.24) is 4.90 Å². The van der Waals surface area contributed by atoms with Gasteiger partial charge in [-0.05, 0) is 49.9 Å². The molecule has 1 atom stereocenters. The van der Waals surface area contributed by atoms with Gasteiger partial charge in [0.1, 0.15) is 0 Å².